The Labute approximate surface area is 133 Å². The highest BCUT2D eigenvalue weighted by Crippen LogP contribution is 2.27. The van der Waals surface area contributed by atoms with E-state index in [4.69, 9.17) is 0 Å². The lowest BCUT2D eigenvalue weighted by Gasteiger charge is -2.18. The van der Waals surface area contributed by atoms with Gasteiger partial charge in [0.2, 0.25) is 0 Å². The van der Waals surface area contributed by atoms with Gasteiger partial charge in [0, 0.05) is 6.20 Å². The first-order chi connectivity index (χ1) is 10.3. The van der Waals surface area contributed by atoms with Crippen molar-refractivity contribution < 1.29 is 0 Å². The van der Waals surface area contributed by atoms with E-state index in [0.29, 0.717) is 0 Å². The van der Waals surface area contributed by atoms with Gasteiger partial charge in [0.25, 0.3) is 0 Å². The van der Waals surface area contributed by atoms with Crippen LogP contribution in [0.1, 0.15) is 91.4 Å². The van der Waals surface area contributed by atoms with Crippen LogP contribution in [0.4, 0.5) is 0 Å². The fraction of sp³-hybridized carbons (Fsp3) is 0.750. The van der Waals surface area contributed by atoms with Crippen molar-refractivity contribution in [2.45, 2.75) is 91.4 Å². The van der Waals surface area contributed by atoms with Crippen molar-refractivity contribution in [2.75, 3.05) is 0 Å². The van der Waals surface area contributed by atoms with Gasteiger partial charge in [-0.25, -0.2) is 0 Å². The molecule has 0 aromatic heterocycles. The second-order valence-corrected chi connectivity index (χ2v) is 6.01. The summed E-state index contributed by atoms with van der Waals surface area (Å²) < 4.78 is 0. The Hall–Kier alpha value is -0.850. The number of aliphatic imine (C=N–C) groups is 1. The molecule has 0 saturated carbocycles. The van der Waals surface area contributed by atoms with Crippen molar-refractivity contribution in [2.24, 2.45) is 10.9 Å². The molecule has 0 fully saturated rings. The lowest BCUT2D eigenvalue weighted by molar-refractivity contribution is 0.460. The van der Waals surface area contributed by atoms with Crippen molar-refractivity contribution >= 4 is 6.72 Å². The molecule has 0 saturated heterocycles. The number of nitrogens with zero attached hydrogens (tertiary/aromatic N) is 1. The molecule has 1 nitrogen and oxygen atoms in total. The fourth-order valence-corrected chi connectivity index (χ4v) is 2.86. The fourth-order valence-electron chi connectivity index (χ4n) is 2.86. The largest absolute Gasteiger partial charge is 0.273 e. The first-order valence-electron chi connectivity index (χ1n) is 9.12. The maximum atomic E-state index is 3.89. The van der Waals surface area contributed by atoms with Gasteiger partial charge in [-0.3, -0.25) is 4.99 Å². The molecular weight excluding hydrogens is 254 g/mol. The van der Waals surface area contributed by atoms with Crippen LogP contribution in [0.25, 0.3) is 0 Å². The summed E-state index contributed by atoms with van der Waals surface area (Å²) in [5.41, 5.74) is 1.48. The quantitative estimate of drug-likeness (QED) is 0.184. The van der Waals surface area contributed by atoms with E-state index in [1.165, 1.54) is 69.8 Å². The van der Waals surface area contributed by atoms with E-state index in [-0.39, 0.29) is 0 Å². The molecule has 0 radical (unpaired) electrons. The maximum absolute atomic E-state index is 3.89. The molecule has 0 amide bonds. The van der Waals surface area contributed by atoms with Crippen LogP contribution in [0.2, 0.25) is 0 Å². The third-order valence-corrected chi connectivity index (χ3v) is 4.10. The molecule has 0 unspecified atom stereocenters. The highest BCUT2D eigenvalue weighted by Gasteiger charge is 2.11. The summed E-state index contributed by atoms with van der Waals surface area (Å²) in [5, 5.41) is 0. The normalized spacial score (nSPS) is 12.5. The third-order valence-electron chi connectivity index (χ3n) is 4.10. The second-order valence-electron chi connectivity index (χ2n) is 6.01. The molecule has 21 heavy (non-hydrogen) atoms. The van der Waals surface area contributed by atoms with Crippen LogP contribution in [0, 0.1) is 5.92 Å². The number of hydrogen-bond donors (Lipinski definition) is 0. The second kappa shape index (κ2) is 15.5. The van der Waals surface area contributed by atoms with Crippen LogP contribution in [0.3, 0.4) is 0 Å². The predicted molar refractivity (Wildman–Crippen MR) is 98.1 cm³/mol. The van der Waals surface area contributed by atoms with Crippen molar-refractivity contribution in [1.82, 2.24) is 0 Å². The van der Waals surface area contributed by atoms with E-state index in [2.05, 4.69) is 44.6 Å². The molecule has 0 spiro atoms. The zero-order valence-corrected chi connectivity index (χ0v) is 14.7. The van der Waals surface area contributed by atoms with Crippen LogP contribution < -0.4 is 0 Å². The number of unbranched alkanes of at least 4 members (excludes halogenated alkanes) is 6. The molecule has 0 heterocycles. The van der Waals surface area contributed by atoms with Gasteiger partial charge >= 0.3 is 0 Å². The molecule has 0 aliphatic carbocycles. The predicted octanol–water partition coefficient (Wildman–Crippen LogP) is 7.09. The summed E-state index contributed by atoms with van der Waals surface area (Å²) in [6.07, 6.45) is 21.1. The smallest absolute Gasteiger partial charge is 0.0263 e. The van der Waals surface area contributed by atoms with Crippen molar-refractivity contribution in [3.05, 3.63) is 23.9 Å². The van der Waals surface area contributed by atoms with Crippen LogP contribution in [-0.4, -0.2) is 6.72 Å². The summed E-state index contributed by atoms with van der Waals surface area (Å²) >= 11 is 0. The van der Waals surface area contributed by atoms with E-state index in [9.17, 15) is 0 Å². The molecule has 0 N–H and O–H groups in total. The Bertz CT molecular complexity index is 276. The summed E-state index contributed by atoms with van der Waals surface area (Å²) in [6, 6.07) is 0. The van der Waals surface area contributed by atoms with Crippen molar-refractivity contribution in [3.8, 4) is 0 Å². The van der Waals surface area contributed by atoms with Crippen LogP contribution in [0.5, 0.6) is 0 Å². The maximum Gasteiger partial charge on any atom is 0.0263 e. The zero-order chi connectivity index (χ0) is 15.8. The Morgan fingerprint density at radius 3 is 1.90 bits per heavy atom. The minimum Gasteiger partial charge on any atom is -0.273 e. The van der Waals surface area contributed by atoms with E-state index in [1.54, 1.807) is 0 Å². The topological polar surface area (TPSA) is 12.4 Å². The van der Waals surface area contributed by atoms with Gasteiger partial charge in [-0.1, -0.05) is 78.2 Å². The standard InChI is InChI=1S/C20H37N/c1-5-8-10-12-15-20(16-13-11-9-6-2)19(14-7-3)17-18-21-4/h14,17-18,20H,4-13,15-16H2,1-3H3/b18-17-,19-14+. The third kappa shape index (κ3) is 11.5. The van der Waals surface area contributed by atoms with Crippen molar-refractivity contribution in [1.29, 1.82) is 0 Å². The highest BCUT2D eigenvalue weighted by molar-refractivity contribution is 5.28. The molecule has 0 aliphatic rings. The molecular formula is C20H37N. The molecule has 0 aromatic carbocycles. The van der Waals surface area contributed by atoms with E-state index < -0.39 is 0 Å². The van der Waals surface area contributed by atoms with Crippen LogP contribution in [0.15, 0.2) is 28.9 Å². The summed E-state index contributed by atoms with van der Waals surface area (Å²) in [6.45, 7) is 10.3. The number of hydrogen-bond acceptors (Lipinski definition) is 1. The number of rotatable bonds is 14. The Morgan fingerprint density at radius 2 is 1.48 bits per heavy atom. The van der Waals surface area contributed by atoms with Crippen LogP contribution in [-0.2, 0) is 0 Å². The molecule has 0 bridgehead atoms. The van der Waals surface area contributed by atoms with E-state index in [0.717, 1.165) is 12.3 Å². The Kier molecular flexibility index (Phi) is 14.9. The molecule has 0 aromatic rings. The van der Waals surface area contributed by atoms with Gasteiger partial charge in [-0.05, 0) is 43.5 Å². The molecule has 0 rings (SSSR count). The molecule has 0 atom stereocenters. The average molecular weight is 292 g/mol. The molecule has 0 aliphatic heterocycles. The van der Waals surface area contributed by atoms with E-state index in [1.807, 2.05) is 6.20 Å². The van der Waals surface area contributed by atoms with Gasteiger partial charge in [0.05, 0.1) is 0 Å². The minimum absolute atomic E-state index is 0.719. The van der Waals surface area contributed by atoms with Gasteiger partial charge in [-0.15, -0.1) is 0 Å². The van der Waals surface area contributed by atoms with Gasteiger partial charge in [-0.2, -0.15) is 0 Å². The zero-order valence-electron chi connectivity index (χ0n) is 14.7. The first kappa shape index (κ1) is 20.1. The SMILES string of the molecule is C=N/C=C\C(=C/CC)C(CCCCCC)CCCCCC. The van der Waals surface area contributed by atoms with Crippen molar-refractivity contribution in [3.63, 3.8) is 0 Å². The molecule has 1 heteroatoms. The van der Waals surface area contributed by atoms with Gasteiger partial charge in [0.1, 0.15) is 0 Å². The number of allylic oxidation sites excluding steroid dienone is 3. The lowest BCUT2D eigenvalue weighted by atomic mass is 9.87. The summed E-state index contributed by atoms with van der Waals surface area (Å²) in [7, 11) is 0. The minimum atomic E-state index is 0.719. The Balaban J connectivity index is 4.52. The highest BCUT2D eigenvalue weighted by atomic mass is 14.6. The lowest BCUT2D eigenvalue weighted by Crippen LogP contribution is -2.04. The van der Waals surface area contributed by atoms with Gasteiger partial charge < -0.3 is 0 Å². The van der Waals surface area contributed by atoms with Crippen LogP contribution >= 0.6 is 0 Å². The molecule has 122 valence electrons. The average Bonchev–Trinajstić information content (AvgIpc) is 2.50. The summed E-state index contributed by atoms with van der Waals surface area (Å²) in [4.78, 5) is 3.89. The monoisotopic (exact) mass is 291 g/mol. The van der Waals surface area contributed by atoms with E-state index >= 15 is 0 Å². The Morgan fingerprint density at radius 1 is 0.905 bits per heavy atom. The first-order valence-corrected chi connectivity index (χ1v) is 9.12. The summed E-state index contributed by atoms with van der Waals surface area (Å²) in [5.74, 6) is 0.719. The van der Waals surface area contributed by atoms with Gasteiger partial charge in [0.15, 0.2) is 0 Å².